The Morgan fingerprint density at radius 1 is 1.40 bits per heavy atom. The lowest BCUT2D eigenvalue weighted by Crippen LogP contribution is -2.36. The first kappa shape index (κ1) is 17.0. The van der Waals surface area contributed by atoms with Crippen LogP contribution in [-0.4, -0.2) is 39.5 Å². The normalized spacial score (nSPS) is 12.3. The molecule has 0 bridgehead atoms. The molecular weight excluding hydrogens is 281 g/mol. The maximum Gasteiger partial charge on any atom is 0.243 e. The van der Waals surface area contributed by atoms with Crippen LogP contribution in [0.2, 0.25) is 0 Å². The van der Waals surface area contributed by atoms with Crippen LogP contribution in [0.5, 0.6) is 0 Å². The van der Waals surface area contributed by atoms with Crippen molar-refractivity contribution in [3.63, 3.8) is 0 Å². The number of likely N-dealkylation sites (N-methyl/N-ethyl adjacent to an activating group) is 1. The Hall–Kier alpha value is -1.02. The average Bonchev–Trinajstić information content (AvgIpc) is 2.38. The smallest absolute Gasteiger partial charge is 0.243 e. The molecule has 114 valence electrons. The molecule has 5 nitrogen and oxygen atoms in total. The third-order valence-corrected chi connectivity index (χ3v) is 4.64. The lowest BCUT2D eigenvalue weighted by molar-refractivity contribution is 0.278. The molecule has 3 N–H and O–H groups in total. The summed E-state index contributed by atoms with van der Waals surface area (Å²) in [6, 6.07) is 4.18. The van der Waals surface area contributed by atoms with E-state index in [2.05, 4.69) is 4.72 Å². The first-order valence-electron chi connectivity index (χ1n) is 6.46. The summed E-state index contributed by atoms with van der Waals surface area (Å²) in [4.78, 5) is 1.64. The highest BCUT2D eigenvalue weighted by Gasteiger charge is 2.19. The number of halogens is 1. The Labute approximate surface area is 120 Å². The lowest BCUT2D eigenvalue weighted by Gasteiger charge is -2.20. The molecule has 0 unspecified atom stereocenters. The number of sulfonamides is 1. The van der Waals surface area contributed by atoms with Crippen LogP contribution < -0.4 is 10.5 Å². The molecule has 0 amide bonds. The van der Waals surface area contributed by atoms with Gasteiger partial charge in [-0.25, -0.2) is 17.5 Å². The van der Waals surface area contributed by atoms with Gasteiger partial charge in [0.2, 0.25) is 10.0 Å². The molecule has 0 aliphatic carbocycles. The van der Waals surface area contributed by atoms with E-state index < -0.39 is 15.8 Å². The molecule has 20 heavy (non-hydrogen) atoms. The molecule has 0 heterocycles. The Bertz CT molecular complexity index is 547. The highest BCUT2D eigenvalue weighted by Crippen LogP contribution is 2.16. The van der Waals surface area contributed by atoms with Crippen LogP contribution in [-0.2, 0) is 16.6 Å². The standard InChI is InChI=1S/C13H22FN3O2S/c1-10(2)17(3)7-6-16-20(18,19)13-8-11(9-15)4-5-12(13)14/h4-5,8,10,16H,6-7,9,15H2,1-3H3. The van der Waals surface area contributed by atoms with E-state index in [0.29, 0.717) is 18.2 Å². The van der Waals surface area contributed by atoms with Crippen molar-refractivity contribution in [2.45, 2.75) is 31.3 Å². The number of hydrogen-bond acceptors (Lipinski definition) is 4. The van der Waals surface area contributed by atoms with Gasteiger partial charge in [-0.2, -0.15) is 0 Å². The van der Waals surface area contributed by atoms with Gasteiger partial charge >= 0.3 is 0 Å². The number of hydrogen-bond donors (Lipinski definition) is 2. The quantitative estimate of drug-likeness (QED) is 0.785. The molecule has 1 aromatic rings. The molecular formula is C13H22FN3O2S. The largest absolute Gasteiger partial charge is 0.326 e. The van der Waals surface area contributed by atoms with E-state index >= 15 is 0 Å². The Morgan fingerprint density at radius 3 is 2.60 bits per heavy atom. The zero-order chi connectivity index (χ0) is 15.3. The van der Waals surface area contributed by atoms with Crippen molar-refractivity contribution in [1.29, 1.82) is 0 Å². The van der Waals surface area contributed by atoms with E-state index in [1.165, 1.54) is 12.1 Å². The fourth-order valence-electron chi connectivity index (χ4n) is 1.57. The molecule has 1 aromatic carbocycles. The fourth-order valence-corrected chi connectivity index (χ4v) is 2.72. The first-order chi connectivity index (χ1) is 9.27. The molecule has 1 rings (SSSR count). The van der Waals surface area contributed by atoms with Crippen LogP contribution in [0, 0.1) is 5.82 Å². The summed E-state index contributed by atoms with van der Waals surface area (Å²) in [5.74, 6) is -0.771. The van der Waals surface area contributed by atoms with E-state index in [1.54, 1.807) is 0 Å². The zero-order valence-electron chi connectivity index (χ0n) is 12.1. The van der Waals surface area contributed by atoms with Gasteiger partial charge < -0.3 is 10.6 Å². The van der Waals surface area contributed by atoms with Crippen molar-refractivity contribution >= 4 is 10.0 Å². The number of nitrogens with zero attached hydrogens (tertiary/aromatic N) is 1. The molecule has 0 fully saturated rings. The van der Waals surface area contributed by atoms with Gasteiger partial charge in [-0.1, -0.05) is 6.07 Å². The second-order valence-corrected chi connectivity index (χ2v) is 6.68. The van der Waals surface area contributed by atoms with Gasteiger partial charge in [-0.15, -0.1) is 0 Å². The van der Waals surface area contributed by atoms with Gasteiger partial charge in [0, 0.05) is 25.7 Å². The monoisotopic (exact) mass is 303 g/mol. The van der Waals surface area contributed by atoms with Crippen molar-refractivity contribution < 1.29 is 12.8 Å². The zero-order valence-corrected chi connectivity index (χ0v) is 12.9. The third kappa shape index (κ3) is 4.52. The summed E-state index contributed by atoms with van der Waals surface area (Å²) in [5.41, 5.74) is 6.02. The Balaban J connectivity index is 2.79. The highest BCUT2D eigenvalue weighted by atomic mass is 32.2. The van der Waals surface area contributed by atoms with Crippen LogP contribution >= 0.6 is 0 Å². The topological polar surface area (TPSA) is 75.4 Å². The Morgan fingerprint density at radius 2 is 2.05 bits per heavy atom. The summed E-state index contributed by atoms with van der Waals surface area (Å²) in [7, 11) is -1.95. The van der Waals surface area contributed by atoms with Crippen LogP contribution in [0.15, 0.2) is 23.1 Å². The van der Waals surface area contributed by atoms with E-state index in [4.69, 9.17) is 5.73 Å². The van der Waals surface area contributed by atoms with Gasteiger partial charge in [-0.3, -0.25) is 0 Å². The van der Waals surface area contributed by atoms with Gasteiger partial charge in [0.1, 0.15) is 10.7 Å². The minimum Gasteiger partial charge on any atom is -0.326 e. The van der Waals surface area contributed by atoms with E-state index in [9.17, 15) is 12.8 Å². The van der Waals surface area contributed by atoms with E-state index in [0.717, 1.165) is 6.07 Å². The minimum absolute atomic E-state index is 0.166. The maximum atomic E-state index is 13.6. The molecule has 0 radical (unpaired) electrons. The van der Waals surface area contributed by atoms with Gasteiger partial charge in [0.15, 0.2) is 0 Å². The van der Waals surface area contributed by atoms with Crippen LogP contribution in [0.3, 0.4) is 0 Å². The van der Waals surface area contributed by atoms with Crippen LogP contribution in [0.1, 0.15) is 19.4 Å². The Kier molecular flexibility index (Phi) is 6.07. The molecule has 0 atom stereocenters. The SMILES string of the molecule is CC(C)N(C)CCNS(=O)(=O)c1cc(CN)ccc1F. The van der Waals surface area contributed by atoms with Crippen molar-refractivity contribution in [2.24, 2.45) is 5.73 Å². The first-order valence-corrected chi connectivity index (χ1v) is 7.94. The second kappa shape index (κ2) is 7.12. The number of nitrogens with one attached hydrogen (secondary N) is 1. The van der Waals surface area contributed by atoms with E-state index in [1.807, 2.05) is 25.8 Å². The van der Waals surface area contributed by atoms with Gasteiger partial charge in [0.25, 0.3) is 0 Å². The average molecular weight is 303 g/mol. The fraction of sp³-hybridized carbons (Fsp3) is 0.538. The highest BCUT2D eigenvalue weighted by molar-refractivity contribution is 7.89. The third-order valence-electron chi connectivity index (χ3n) is 3.16. The van der Waals surface area contributed by atoms with Crippen LogP contribution in [0.25, 0.3) is 0 Å². The van der Waals surface area contributed by atoms with Crippen molar-refractivity contribution in [3.05, 3.63) is 29.6 Å². The number of rotatable bonds is 7. The molecule has 0 aliphatic heterocycles. The molecule has 7 heteroatoms. The van der Waals surface area contributed by atoms with Crippen molar-refractivity contribution in [2.75, 3.05) is 20.1 Å². The lowest BCUT2D eigenvalue weighted by atomic mass is 10.2. The maximum absolute atomic E-state index is 13.6. The van der Waals surface area contributed by atoms with Gasteiger partial charge in [-0.05, 0) is 38.6 Å². The second-order valence-electron chi connectivity index (χ2n) is 4.94. The predicted molar refractivity (Wildman–Crippen MR) is 77.2 cm³/mol. The van der Waals surface area contributed by atoms with Crippen molar-refractivity contribution in [1.82, 2.24) is 9.62 Å². The van der Waals surface area contributed by atoms with E-state index in [-0.39, 0.29) is 18.0 Å². The summed E-state index contributed by atoms with van der Waals surface area (Å²) in [6.45, 7) is 4.97. The summed E-state index contributed by atoms with van der Waals surface area (Å²) >= 11 is 0. The van der Waals surface area contributed by atoms with Gasteiger partial charge in [0.05, 0.1) is 0 Å². The number of nitrogens with two attached hydrogens (primary N) is 1. The predicted octanol–water partition coefficient (Wildman–Crippen LogP) is 0.903. The molecule has 0 aliphatic rings. The van der Waals surface area contributed by atoms with Crippen LogP contribution in [0.4, 0.5) is 4.39 Å². The molecule has 0 aromatic heterocycles. The number of benzene rings is 1. The minimum atomic E-state index is -3.85. The van der Waals surface area contributed by atoms with Crippen molar-refractivity contribution in [3.8, 4) is 0 Å². The summed E-state index contributed by atoms with van der Waals surface area (Å²) in [6.07, 6.45) is 0. The summed E-state index contributed by atoms with van der Waals surface area (Å²) in [5, 5.41) is 0. The molecule has 0 saturated carbocycles. The summed E-state index contributed by atoms with van der Waals surface area (Å²) < 4.78 is 40.2. The molecule has 0 spiro atoms. The molecule has 0 saturated heterocycles.